The highest BCUT2D eigenvalue weighted by atomic mass is 32.2. The summed E-state index contributed by atoms with van der Waals surface area (Å²) in [6.45, 7) is 4.22. The molecule has 5 rings (SSSR count). The Labute approximate surface area is 125 Å². The highest BCUT2D eigenvalue weighted by Crippen LogP contribution is 2.62. The summed E-state index contributed by atoms with van der Waals surface area (Å²) in [6, 6.07) is 0. The summed E-state index contributed by atoms with van der Waals surface area (Å²) in [6.07, 6.45) is 8.55. The van der Waals surface area contributed by atoms with Crippen LogP contribution in [0.5, 0.6) is 0 Å². The smallest absolute Gasteiger partial charge is 0.242 e. The van der Waals surface area contributed by atoms with E-state index < -0.39 is 0 Å². The maximum atomic E-state index is 12.3. The summed E-state index contributed by atoms with van der Waals surface area (Å²) in [4.78, 5) is 17.4. The molecule has 0 aromatic carbocycles. The fourth-order valence-corrected chi connectivity index (χ4v) is 6.55. The van der Waals surface area contributed by atoms with Crippen LogP contribution in [-0.2, 0) is 4.79 Å². The maximum Gasteiger partial charge on any atom is 0.242 e. The Balaban J connectivity index is 1.62. The molecule has 1 saturated heterocycles. The average Bonchev–Trinajstić information content (AvgIpc) is 2.94. The first kappa shape index (κ1) is 13.2. The number of nitrogens with one attached hydrogen (secondary N) is 1. The molecule has 5 fully saturated rings. The van der Waals surface area contributed by atoms with E-state index in [4.69, 9.17) is 4.99 Å². The molecule has 5 aliphatic rings. The van der Waals surface area contributed by atoms with Crippen molar-refractivity contribution in [1.29, 1.82) is 0 Å². The van der Waals surface area contributed by atoms with Crippen LogP contribution in [0.15, 0.2) is 4.99 Å². The third-order valence-electron chi connectivity index (χ3n) is 6.34. The lowest BCUT2D eigenvalue weighted by Gasteiger charge is -2.29. The Morgan fingerprint density at radius 1 is 1.20 bits per heavy atom. The van der Waals surface area contributed by atoms with Crippen LogP contribution >= 0.6 is 11.8 Å². The maximum absolute atomic E-state index is 12.3. The number of amidine groups is 1. The van der Waals surface area contributed by atoms with Gasteiger partial charge in [0.1, 0.15) is 4.75 Å². The predicted octanol–water partition coefficient (Wildman–Crippen LogP) is 3.34. The number of aliphatic imine (C=N–C) groups is 1. The van der Waals surface area contributed by atoms with E-state index in [0.717, 1.165) is 35.8 Å². The first-order valence-electron chi connectivity index (χ1n) is 8.19. The molecule has 1 N–H and O–H groups in total. The van der Waals surface area contributed by atoms with E-state index in [0.29, 0.717) is 0 Å². The molecule has 1 aliphatic heterocycles. The van der Waals surface area contributed by atoms with Crippen LogP contribution < -0.4 is 5.32 Å². The second kappa shape index (κ2) is 4.25. The summed E-state index contributed by atoms with van der Waals surface area (Å²) in [7, 11) is 0. The molecule has 3 nitrogen and oxygen atoms in total. The van der Waals surface area contributed by atoms with Gasteiger partial charge in [0.05, 0.1) is 5.54 Å². The normalized spacial score (nSPS) is 46.4. The summed E-state index contributed by atoms with van der Waals surface area (Å²) in [5.41, 5.74) is 0.195. The minimum absolute atomic E-state index is 0.181. The van der Waals surface area contributed by atoms with Gasteiger partial charge in [-0.3, -0.25) is 9.79 Å². The molecule has 0 aromatic rings. The summed E-state index contributed by atoms with van der Waals surface area (Å²) in [5.74, 6) is 2.82. The van der Waals surface area contributed by atoms with Crippen LogP contribution in [0.2, 0.25) is 0 Å². The van der Waals surface area contributed by atoms with Gasteiger partial charge in [-0.2, -0.15) is 0 Å². The van der Waals surface area contributed by atoms with Gasteiger partial charge in [-0.05, 0) is 62.7 Å². The third-order valence-corrected chi connectivity index (χ3v) is 7.88. The van der Waals surface area contributed by atoms with Crippen LogP contribution in [0, 0.1) is 17.8 Å². The van der Waals surface area contributed by atoms with Crippen molar-refractivity contribution >= 4 is 22.8 Å². The van der Waals surface area contributed by atoms with Gasteiger partial charge in [0, 0.05) is 0 Å². The van der Waals surface area contributed by atoms with E-state index in [1.807, 2.05) is 0 Å². The van der Waals surface area contributed by atoms with Gasteiger partial charge in [-0.15, -0.1) is 0 Å². The molecule has 0 aromatic heterocycles. The number of carbonyl (C=O) groups is 1. The molecular formula is C16H24N2OS. The van der Waals surface area contributed by atoms with Crippen molar-refractivity contribution in [3.05, 3.63) is 0 Å². The minimum atomic E-state index is -0.259. The zero-order valence-corrected chi connectivity index (χ0v) is 13.3. The van der Waals surface area contributed by atoms with Gasteiger partial charge >= 0.3 is 0 Å². The molecule has 4 aliphatic carbocycles. The Kier molecular flexibility index (Phi) is 2.80. The first-order valence-corrected chi connectivity index (χ1v) is 9.01. The third kappa shape index (κ3) is 1.66. The fourth-order valence-electron chi connectivity index (χ4n) is 5.37. The van der Waals surface area contributed by atoms with Crippen LogP contribution in [-0.4, -0.2) is 21.4 Å². The van der Waals surface area contributed by atoms with Crippen LogP contribution in [0.4, 0.5) is 0 Å². The van der Waals surface area contributed by atoms with E-state index in [2.05, 4.69) is 19.2 Å². The van der Waals surface area contributed by atoms with Gasteiger partial charge < -0.3 is 5.32 Å². The summed E-state index contributed by atoms with van der Waals surface area (Å²) < 4.78 is -0.259. The monoisotopic (exact) mass is 292 g/mol. The van der Waals surface area contributed by atoms with Crippen molar-refractivity contribution < 1.29 is 4.79 Å². The number of hydrogen-bond donors (Lipinski definition) is 1. The van der Waals surface area contributed by atoms with Crippen molar-refractivity contribution in [3.63, 3.8) is 0 Å². The van der Waals surface area contributed by atoms with E-state index in [1.54, 1.807) is 11.8 Å². The highest BCUT2D eigenvalue weighted by molar-refractivity contribution is 8.16. The second-order valence-corrected chi connectivity index (χ2v) is 8.69. The van der Waals surface area contributed by atoms with Gasteiger partial charge in [0.15, 0.2) is 5.17 Å². The largest absolute Gasteiger partial charge is 0.304 e. The molecule has 1 amide bonds. The molecule has 0 spiro atoms. The number of amides is 1. The Hall–Kier alpha value is -0.510. The molecule has 1 heterocycles. The van der Waals surface area contributed by atoms with Gasteiger partial charge in [-0.1, -0.05) is 25.6 Å². The molecular weight excluding hydrogens is 268 g/mol. The lowest BCUT2D eigenvalue weighted by molar-refractivity contribution is -0.121. The van der Waals surface area contributed by atoms with E-state index >= 15 is 0 Å². The average molecular weight is 292 g/mol. The zero-order chi connectivity index (χ0) is 14.0. The standard InChI is InChI=1S/C16H24N2OS/c1-3-16(4-2)13(19)17-14(20-16)18-15-8-10-5-11(9-15)7-12(15)6-10/h10-12H,3-9H2,1-2H3,(H,17,18,19)/t10-,11+,12?,15?. The molecule has 0 radical (unpaired) electrons. The lowest BCUT2D eigenvalue weighted by atomic mass is 9.81. The molecule has 20 heavy (non-hydrogen) atoms. The topological polar surface area (TPSA) is 41.5 Å². The predicted molar refractivity (Wildman–Crippen MR) is 82.8 cm³/mol. The molecule has 2 unspecified atom stereocenters. The number of rotatable bonds is 3. The van der Waals surface area contributed by atoms with Crippen molar-refractivity contribution in [1.82, 2.24) is 5.32 Å². The number of hydrogen-bond acceptors (Lipinski definition) is 3. The van der Waals surface area contributed by atoms with Crippen LogP contribution in [0.1, 0.15) is 58.8 Å². The Morgan fingerprint density at radius 3 is 2.40 bits per heavy atom. The van der Waals surface area contributed by atoms with E-state index in [1.165, 1.54) is 32.1 Å². The molecule has 4 heteroatoms. The Morgan fingerprint density at radius 2 is 1.85 bits per heavy atom. The minimum Gasteiger partial charge on any atom is -0.304 e. The fraction of sp³-hybridized carbons (Fsp3) is 0.875. The van der Waals surface area contributed by atoms with Gasteiger partial charge in [0.25, 0.3) is 0 Å². The lowest BCUT2D eigenvalue weighted by Crippen LogP contribution is -2.36. The summed E-state index contributed by atoms with van der Waals surface area (Å²) >= 11 is 1.70. The van der Waals surface area contributed by atoms with Crippen LogP contribution in [0.25, 0.3) is 0 Å². The quantitative estimate of drug-likeness (QED) is 0.866. The molecule has 4 atom stereocenters. The molecule has 110 valence electrons. The molecule has 4 bridgehead atoms. The Bertz CT molecular complexity index is 469. The van der Waals surface area contributed by atoms with Crippen LogP contribution in [0.3, 0.4) is 0 Å². The summed E-state index contributed by atoms with van der Waals surface area (Å²) in [5, 5.41) is 4.01. The number of carbonyl (C=O) groups excluding carboxylic acids is 1. The van der Waals surface area contributed by atoms with Gasteiger partial charge in [-0.25, -0.2) is 0 Å². The highest BCUT2D eigenvalue weighted by Gasteiger charge is 2.58. The van der Waals surface area contributed by atoms with Crippen molar-refractivity contribution in [2.24, 2.45) is 22.7 Å². The second-order valence-electron chi connectivity index (χ2n) is 7.32. The number of nitrogens with zero attached hydrogens (tertiary/aromatic N) is 1. The van der Waals surface area contributed by atoms with Gasteiger partial charge in [0.2, 0.25) is 5.91 Å². The first-order chi connectivity index (χ1) is 9.59. The zero-order valence-electron chi connectivity index (χ0n) is 12.4. The van der Waals surface area contributed by atoms with Crippen molar-refractivity contribution in [2.75, 3.05) is 0 Å². The van der Waals surface area contributed by atoms with Crippen molar-refractivity contribution in [2.45, 2.75) is 69.1 Å². The van der Waals surface area contributed by atoms with Crippen molar-refractivity contribution in [3.8, 4) is 0 Å². The van der Waals surface area contributed by atoms with E-state index in [-0.39, 0.29) is 16.2 Å². The molecule has 4 saturated carbocycles. The number of thioether (sulfide) groups is 1. The van der Waals surface area contributed by atoms with E-state index in [9.17, 15) is 4.79 Å². The SMILES string of the molecule is CCC1(CC)SC(=NC23C[C@@H]4CC2C[C@@H](C4)C3)NC1=O.